The number of nitrogens with two attached hydrogens (primary N) is 1. The van der Waals surface area contributed by atoms with Crippen LogP contribution in [0.1, 0.15) is 42.9 Å². The van der Waals surface area contributed by atoms with Crippen LogP contribution < -0.4 is 11.3 Å². The van der Waals surface area contributed by atoms with Gasteiger partial charge in [0.2, 0.25) is 0 Å². The third-order valence-electron chi connectivity index (χ3n) is 3.51. The molecule has 1 aliphatic rings. The van der Waals surface area contributed by atoms with Crippen molar-refractivity contribution < 1.29 is 0 Å². The number of hydrogen-bond donors (Lipinski definition) is 2. The molecule has 0 aliphatic heterocycles. The molecule has 2 rings (SSSR count). The maximum atomic E-state index is 11.6. The van der Waals surface area contributed by atoms with Crippen LogP contribution in [0.4, 0.5) is 0 Å². The Morgan fingerprint density at radius 3 is 2.60 bits per heavy atom. The molecule has 2 unspecified atom stereocenters. The van der Waals surface area contributed by atoms with Crippen LogP contribution in [0.15, 0.2) is 4.79 Å². The molecule has 4 heteroatoms. The van der Waals surface area contributed by atoms with Gasteiger partial charge in [0.1, 0.15) is 0 Å². The lowest BCUT2D eigenvalue weighted by atomic mass is 9.82. The third kappa shape index (κ3) is 1.74. The predicted octanol–water partition coefficient (Wildman–Crippen LogP) is 1.01. The van der Waals surface area contributed by atoms with Crippen molar-refractivity contribution in [2.45, 2.75) is 44.6 Å². The van der Waals surface area contributed by atoms with E-state index in [1.807, 2.05) is 6.92 Å². The average molecular weight is 209 g/mol. The second-order valence-corrected chi connectivity index (χ2v) is 4.57. The zero-order valence-corrected chi connectivity index (χ0v) is 9.42. The van der Waals surface area contributed by atoms with Crippen molar-refractivity contribution in [3.8, 4) is 0 Å². The number of nitrogens with one attached hydrogen (secondary N) is 1. The van der Waals surface area contributed by atoms with Crippen LogP contribution >= 0.6 is 0 Å². The first-order valence-corrected chi connectivity index (χ1v) is 5.62. The molecule has 15 heavy (non-hydrogen) atoms. The van der Waals surface area contributed by atoms with Gasteiger partial charge in [-0.05, 0) is 19.8 Å². The van der Waals surface area contributed by atoms with Crippen molar-refractivity contribution in [3.05, 3.63) is 21.6 Å². The molecular weight excluding hydrogens is 190 g/mol. The molecule has 2 atom stereocenters. The van der Waals surface area contributed by atoms with Crippen molar-refractivity contribution in [1.29, 1.82) is 0 Å². The van der Waals surface area contributed by atoms with E-state index >= 15 is 0 Å². The number of nitrogens with zero attached hydrogens (tertiary/aromatic N) is 1. The normalized spacial score (nSPS) is 26.9. The summed E-state index contributed by atoms with van der Waals surface area (Å²) in [5, 5.41) is 3.14. The van der Waals surface area contributed by atoms with Crippen molar-refractivity contribution in [2.24, 2.45) is 12.8 Å². The lowest BCUT2D eigenvalue weighted by Gasteiger charge is -2.28. The lowest BCUT2D eigenvalue weighted by molar-refractivity contribution is 0.377. The van der Waals surface area contributed by atoms with Gasteiger partial charge in [-0.15, -0.1) is 0 Å². The van der Waals surface area contributed by atoms with Crippen molar-refractivity contribution in [1.82, 2.24) is 9.78 Å². The van der Waals surface area contributed by atoms with Crippen LogP contribution in [0.5, 0.6) is 0 Å². The maximum absolute atomic E-state index is 11.6. The Morgan fingerprint density at radius 1 is 1.40 bits per heavy atom. The molecule has 4 nitrogen and oxygen atoms in total. The van der Waals surface area contributed by atoms with Crippen molar-refractivity contribution in [3.63, 3.8) is 0 Å². The van der Waals surface area contributed by atoms with Crippen LogP contribution in [0.3, 0.4) is 0 Å². The Balaban J connectivity index is 2.35. The molecule has 0 spiro atoms. The van der Waals surface area contributed by atoms with Gasteiger partial charge in [0.15, 0.2) is 0 Å². The first-order valence-electron chi connectivity index (χ1n) is 5.62. The Kier molecular flexibility index (Phi) is 2.69. The molecule has 1 aliphatic carbocycles. The summed E-state index contributed by atoms with van der Waals surface area (Å²) in [6.07, 6.45) is 4.60. The van der Waals surface area contributed by atoms with Crippen LogP contribution in [-0.2, 0) is 7.05 Å². The van der Waals surface area contributed by atoms with E-state index in [4.69, 9.17) is 5.73 Å². The number of aryl methyl sites for hydroxylation is 1. The van der Waals surface area contributed by atoms with Crippen LogP contribution in [-0.4, -0.2) is 15.8 Å². The van der Waals surface area contributed by atoms with E-state index in [9.17, 15) is 4.79 Å². The lowest BCUT2D eigenvalue weighted by Crippen LogP contribution is -2.32. The molecule has 0 amide bonds. The van der Waals surface area contributed by atoms with Gasteiger partial charge in [-0.2, -0.15) is 0 Å². The van der Waals surface area contributed by atoms with Gasteiger partial charge in [-0.3, -0.25) is 14.6 Å². The van der Waals surface area contributed by atoms with E-state index in [1.54, 1.807) is 11.7 Å². The number of H-pyrrole nitrogens is 1. The van der Waals surface area contributed by atoms with Crippen LogP contribution in [0, 0.1) is 6.92 Å². The first-order chi connectivity index (χ1) is 7.11. The molecule has 1 heterocycles. The fourth-order valence-corrected chi connectivity index (χ4v) is 2.56. The summed E-state index contributed by atoms with van der Waals surface area (Å²) < 4.78 is 1.55. The molecule has 0 radical (unpaired) electrons. The first kappa shape index (κ1) is 10.5. The predicted molar refractivity (Wildman–Crippen MR) is 60.0 cm³/mol. The Labute approximate surface area is 89.5 Å². The maximum Gasteiger partial charge on any atom is 0.269 e. The minimum absolute atomic E-state index is 0.0720. The summed E-state index contributed by atoms with van der Waals surface area (Å²) in [5.41, 5.74) is 8.06. The second-order valence-electron chi connectivity index (χ2n) is 4.57. The monoisotopic (exact) mass is 209 g/mol. The summed E-state index contributed by atoms with van der Waals surface area (Å²) in [6, 6.07) is 0.204. The fraction of sp³-hybridized carbons (Fsp3) is 0.727. The molecule has 1 aromatic heterocycles. The molecule has 3 N–H and O–H groups in total. The third-order valence-corrected chi connectivity index (χ3v) is 3.51. The Bertz CT molecular complexity index is 404. The minimum atomic E-state index is 0.0720. The summed E-state index contributed by atoms with van der Waals surface area (Å²) in [7, 11) is 1.76. The van der Waals surface area contributed by atoms with Crippen LogP contribution in [0.25, 0.3) is 0 Å². The molecule has 1 aromatic rings. The van der Waals surface area contributed by atoms with E-state index in [-0.39, 0.29) is 11.6 Å². The zero-order chi connectivity index (χ0) is 11.0. The Hall–Kier alpha value is -1.03. The molecule has 84 valence electrons. The highest BCUT2D eigenvalue weighted by Gasteiger charge is 2.27. The molecule has 1 fully saturated rings. The topological polar surface area (TPSA) is 63.8 Å². The van der Waals surface area contributed by atoms with Gasteiger partial charge >= 0.3 is 0 Å². The van der Waals surface area contributed by atoms with E-state index in [0.29, 0.717) is 5.92 Å². The number of rotatable bonds is 1. The summed E-state index contributed by atoms with van der Waals surface area (Å²) in [4.78, 5) is 11.6. The quantitative estimate of drug-likeness (QED) is 0.725. The highest BCUT2D eigenvalue weighted by molar-refractivity contribution is 5.21. The second kappa shape index (κ2) is 3.85. The van der Waals surface area contributed by atoms with E-state index in [2.05, 4.69) is 5.10 Å². The van der Waals surface area contributed by atoms with Crippen molar-refractivity contribution >= 4 is 0 Å². The molecule has 1 saturated carbocycles. The Morgan fingerprint density at radius 2 is 2.07 bits per heavy atom. The summed E-state index contributed by atoms with van der Waals surface area (Å²) in [6.45, 7) is 1.88. The van der Waals surface area contributed by atoms with Gasteiger partial charge in [-0.1, -0.05) is 12.8 Å². The van der Waals surface area contributed by atoms with E-state index in [0.717, 1.165) is 24.1 Å². The highest BCUT2D eigenvalue weighted by Crippen LogP contribution is 2.31. The van der Waals surface area contributed by atoms with Gasteiger partial charge in [0.25, 0.3) is 5.56 Å². The van der Waals surface area contributed by atoms with E-state index < -0.39 is 0 Å². The number of aromatic nitrogens is 2. The summed E-state index contributed by atoms with van der Waals surface area (Å²) in [5.74, 6) is 0.340. The average Bonchev–Trinajstić information content (AvgIpc) is 2.47. The zero-order valence-electron chi connectivity index (χ0n) is 9.42. The van der Waals surface area contributed by atoms with Crippen molar-refractivity contribution in [2.75, 3.05) is 0 Å². The smallest absolute Gasteiger partial charge is 0.269 e. The van der Waals surface area contributed by atoms with Crippen LogP contribution in [0.2, 0.25) is 0 Å². The molecule has 0 saturated heterocycles. The largest absolute Gasteiger partial charge is 0.327 e. The molecule has 0 aromatic carbocycles. The molecular formula is C11H19N3O. The van der Waals surface area contributed by atoms with E-state index in [1.165, 1.54) is 12.8 Å². The summed E-state index contributed by atoms with van der Waals surface area (Å²) >= 11 is 0. The molecule has 0 bridgehead atoms. The highest BCUT2D eigenvalue weighted by atomic mass is 16.1. The number of aromatic amines is 1. The minimum Gasteiger partial charge on any atom is -0.327 e. The fourth-order valence-electron chi connectivity index (χ4n) is 2.56. The van der Waals surface area contributed by atoms with Gasteiger partial charge in [-0.25, -0.2) is 0 Å². The standard InChI is InChI=1S/C11H19N3O/c1-7-10(13-14(2)11(7)15)8-5-3-4-6-9(8)12/h8-9,13H,3-6,12H2,1-2H3. The SMILES string of the molecule is Cc1c(C2CCCCC2N)[nH]n(C)c1=O. The van der Waals surface area contributed by atoms with Gasteiger partial charge in [0.05, 0.1) is 0 Å². The van der Waals surface area contributed by atoms with Gasteiger partial charge in [0, 0.05) is 30.3 Å². The van der Waals surface area contributed by atoms with Gasteiger partial charge < -0.3 is 5.73 Å². The number of hydrogen-bond acceptors (Lipinski definition) is 2.